The van der Waals surface area contributed by atoms with Crippen molar-refractivity contribution < 1.29 is 19.1 Å². The van der Waals surface area contributed by atoms with Gasteiger partial charge in [0, 0.05) is 28.8 Å². The largest absolute Gasteiger partial charge is 0.452 e. The van der Waals surface area contributed by atoms with E-state index in [2.05, 4.69) is 10.6 Å². The molecule has 3 rings (SSSR count). The third kappa shape index (κ3) is 6.85. The number of para-hydroxylation sites is 1. The lowest BCUT2D eigenvalue weighted by molar-refractivity contribution is -0.160. The number of nitrogens with one attached hydrogen (secondary N) is 2. The molecule has 7 nitrogen and oxygen atoms in total. The van der Waals surface area contributed by atoms with Gasteiger partial charge in [0.05, 0.1) is 12.0 Å². The fraction of sp³-hybridized carbons (Fsp3) is 0.375. The van der Waals surface area contributed by atoms with Crippen molar-refractivity contribution in [2.24, 2.45) is 5.92 Å². The van der Waals surface area contributed by atoms with Crippen LogP contribution in [0.2, 0.25) is 10.0 Å². The molecule has 3 atom stereocenters. The van der Waals surface area contributed by atoms with Crippen LogP contribution in [0.3, 0.4) is 0 Å². The van der Waals surface area contributed by atoms with Crippen LogP contribution in [0.4, 0.5) is 10.5 Å². The van der Waals surface area contributed by atoms with E-state index in [1.807, 2.05) is 18.2 Å². The second-order valence-electron chi connectivity index (χ2n) is 8.06. The van der Waals surface area contributed by atoms with Crippen LogP contribution in [0.25, 0.3) is 0 Å². The Kier molecular flexibility index (Phi) is 8.58. The van der Waals surface area contributed by atoms with E-state index in [1.54, 1.807) is 42.2 Å². The number of nitrogens with zero attached hydrogens (tertiary/aromatic N) is 1. The van der Waals surface area contributed by atoms with Crippen LogP contribution in [-0.4, -0.2) is 42.0 Å². The molecule has 2 aromatic rings. The molecule has 0 aromatic heterocycles. The Morgan fingerprint density at radius 1 is 1.09 bits per heavy atom. The van der Waals surface area contributed by atoms with E-state index in [1.165, 1.54) is 6.92 Å². The first-order valence-electron chi connectivity index (χ1n) is 10.8. The second-order valence-corrected chi connectivity index (χ2v) is 8.90. The van der Waals surface area contributed by atoms with Crippen LogP contribution in [0, 0.1) is 5.92 Å². The van der Waals surface area contributed by atoms with E-state index >= 15 is 0 Å². The number of esters is 1. The van der Waals surface area contributed by atoms with Gasteiger partial charge in [0.15, 0.2) is 6.10 Å². The topological polar surface area (TPSA) is 87.7 Å². The quantitative estimate of drug-likeness (QED) is 0.553. The van der Waals surface area contributed by atoms with Crippen LogP contribution >= 0.6 is 23.2 Å². The number of halogens is 2. The number of ether oxygens (including phenoxy) is 1. The minimum Gasteiger partial charge on any atom is -0.452 e. The minimum absolute atomic E-state index is 0.239. The number of benzene rings is 2. The van der Waals surface area contributed by atoms with Gasteiger partial charge in [0.2, 0.25) is 0 Å². The van der Waals surface area contributed by atoms with Crippen LogP contribution < -0.4 is 10.6 Å². The first kappa shape index (κ1) is 24.9. The summed E-state index contributed by atoms with van der Waals surface area (Å²) < 4.78 is 5.42. The van der Waals surface area contributed by atoms with Crippen LogP contribution in [0.5, 0.6) is 0 Å². The lowest BCUT2D eigenvalue weighted by Gasteiger charge is -2.32. The maximum absolute atomic E-state index is 12.7. The van der Waals surface area contributed by atoms with Crippen LogP contribution in [0.1, 0.15) is 38.3 Å². The number of rotatable bonds is 6. The maximum Gasteiger partial charge on any atom is 0.321 e. The molecule has 3 amide bonds. The van der Waals surface area contributed by atoms with Gasteiger partial charge in [0.1, 0.15) is 0 Å². The summed E-state index contributed by atoms with van der Waals surface area (Å²) in [6.45, 7) is 4.10. The molecule has 1 aliphatic heterocycles. The summed E-state index contributed by atoms with van der Waals surface area (Å²) in [4.78, 5) is 39.4. The van der Waals surface area contributed by atoms with E-state index in [0.29, 0.717) is 40.7 Å². The summed E-state index contributed by atoms with van der Waals surface area (Å²) in [5.41, 5.74) is 1.40. The zero-order chi connectivity index (χ0) is 24.0. The molecule has 3 unspecified atom stereocenters. The van der Waals surface area contributed by atoms with E-state index in [9.17, 15) is 14.4 Å². The predicted octanol–water partition coefficient (Wildman–Crippen LogP) is 5.05. The summed E-state index contributed by atoms with van der Waals surface area (Å²) in [7, 11) is 0. The highest BCUT2D eigenvalue weighted by molar-refractivity contribution is 6.35. The maximum atomic E-state index is 12.7. The smallest absolute Gasteiger partial charge is 0.321 e. The average Bonchev–Trinajstić information content (AvgIpc) is 2.79. The van der Waals surface area contributed by atoms with Crippen LogP contribution in [0.15, 0.2) is 48.5 Å². The number of piperidine rings is 1. The van der Waals surface area contributed by atoms with Crippen molar-refractivity contribution in [1.29, 1.82) is 0 Å². The number of amides is 3. The summed E-state index contributed by atoms with van der Waals surface area (Å²) in [6.07, 6.45) is 0.285. The molecule has 0 spiro atoms. The fourth-order valence-electron chi connectivity index (χ4n) is 3.66. The second kappa shape index (κ2) is 11.4. The molecule has 2 N–H and O–H groups in total. The van der Waals surface area contributed by atoms with Gasteiger partial charge in [-0.3, -0.25) is 9.59 Å². The summed E-state index contributed by atoms with van der Waals surface area (Å²) >= 11 is 12.1. The zero-order valence-corrected chi connectivity index (χ0v) is 20.0. The summed E-state index contributed by atoms with van der Waals surface area (Å²) in [5, 5.41) is 6.57. The third-order valence-corrected chi connectivity index (χ3v) is 6.08. The van der Waals surface area contributed by atoms with Gasteiger partial charge in [-0.25, -0.2) is 4.79 Å². The van der Waals surface area contributed by atoms with Gasteiger partial charge in [-0.05, 0) is 56.5 Å². The standard InChI is InChI=1S/C24H27Cl2N3O4/c1-15(20-11-10-18(25)13-21(20)26)27-22(30)16(2)33-23(31)17-7-6-12-29(14-17)24(32)28-19-8-4-3-5-9-19/h3-5,8-11,13,15-17H,6-7,12,14H2,1-2H3,(H,27,30)(H,28,32). The van der Waals surface area contributed by atoms with Gasteiger partial charge in [-0.15, -0.1) is 0 Å². The van der Waals surface area contributed by atoms with Gasteiger partial charge in [0.25, 0.3) is 5.91 Å². The molecule has 9 heteroatoms. The Morgan fingerprint density at radius 3 is 2.52 bits per heavy atom. The Morgan fingerprint density at radius 2 is 1.82 bits per heavy atom. The molecule has 0 radical (unpaired) electrons. The van der Waals surface area contributed by atoms with Crippen molar-refractivity contribution in [3.8, 4) is 0 Å². The fourth-order valence-corrected chi connectivity index (χ4v) is 4.24. The molecule has 1 fully saturated rings. The predicted molar refractivity (Wildman–Crippen MR) is 128 cm³/mol. The number of carbonyl (C=O) groups is 3. The van der Waals surface area contributed by atoms with Crippen molar-refractivity contribution in [2.75, 3.05) is 18.4 Å². The zero-order valence-electron chi connectivity index (χ0n) is 18.5. The number of hydrogen-bond acceptors (Lipinski definition) is 4. The summed E-state index contributed by atoms with van der Waals surface area (Å²) in [6, 6.07) is 13.5. The van der Waals surface area contributed by atoms with E-state index in [0.717, 1.165) is 0 Å². The molecule has 0 aliphatic carbocycles. The highest BCUT2D eigenvalue weighted by Crippen LogP contribution is 2.26. The lowest BCUT2D eigenvalue weighted by atomic mass is 9.98. The molecule has 176 valence electrons. The Hall–Kier alpha value is -2.77. The average molecular weight is 492 g/mol. The number of likely N-dealkylation sites (tertiary alicyclic amines) is 1. The van der Waals surface area contributed by atoms with Crippen molar-refractivity contribution in [2.45, 2.75) is 38.8 Å². The van der Waals surface area contributed by atoms with Gasteiger partial charge in [-0.2, -0.15) is 0 Å². The van der Waals surface area contributed by atoms with E-state index in [-0.39, 0.29) is 12.6 Å². The molecule has 0 saturated carbocycles. The molecule has 2 aromatic carbocycles. The number of urea groups is 1. The molecule has 1 aliphatic rings. The molecule has 33 heavy (non-hydrogen) atoms. The third-order valence-electron chi connectivity index (χ3n) is 5.52. The molecule has 1 heterocycles. The van der Waals surface area contributed by atoms with Gasteiger partial charge >= 0.3 is 12.0 Å². The molecular formula is C24H27Cl2N3O4. The molecule has 0 bridgehead atoms. The van der Waals surface area contributed by atoms with E-state index in [4.69, 9.17) is 27.9 Å². The Balaban J connectivity index is 1.51. The number of carbonyl (C=O) groups excluding carboxylic acids is 3. The van der Waals surface area contributed by atoms with E-state index < -0.39 is 29.9 Å². The van der Waals surface area contributed by atoms with Crippen molar-refractivity contribution >= 4 is 46.8 Å². The lowest BCUT2D eigenvalue weighted by Crippen LogP contribution is -2.46. The SMILES string of the molecule is CC(OC(=O)C1CCCN(C(=O)Nc2ccccc2)C1)C(=O)NC(C)c1ccc(Cl)cc1Cl. The highest BCUT2D eigenvalue weighted by atomic mass is 35.5. The monoisotopic (exact) mass is 491 g/mol. The Bertz CT molecular complexity index is 1000. The van der Waals surface area contributed by atoms with Crippen LogP contribution in [-0.2, 0) is 14.3 Å². The first-order valence-corrected chi connectivity index (χ1v) is 11.6. The van der Waals surface area contributed by atoms with Gasteiger partial charge < -0.3 is 20.3 Å². The normalized spacial score (nSPS) is 17.6. The molecular weight excluding hydrogens is 465 g/mol. The molecule has 1 saturated heterocycles. The van der Waals surface area contributed by atoms with Gasteiger partial charge in [-0.1, -0.05) is 47.5 Å². The number of anilines is 1. The Labute approximate surface area is 203 Å². The van der Waals surface area contributed by atoms with Crippen molar-refractivity contribution in [3.05, 3.63) is 64.1 Å². The minimum atomic E-state index is -0.987. The highest BCUT2D eigenvalue weighted by Gasteiger charge is 2.31. The van der Waals surface area contributed by atoms with Crippen molar-refractivity contribution in [3.63, 3.8) is 0 Å². The first-order chi connectivity index (χ1) is 15.7. The number of hydrogen-bond donors (Lipinski definition) is 2. The van der Waals surface area contributed by atoms with Crippen molar-refractivity contribution in [1.82, 2.24) is 10.2 Å². The summed E-state index contributed by atoms with van der Waals surface area (Å²) in [5.74, 6) is -1.41.